The molecule has 0 saturated carbocycles. The average Bonchev–Trinajstić information content (AvgIpc) is 2.63. The van der Waals surface area contributed by atoms with Gasteiger partial charge in [0.2, 0.25) is 5.16 Å². The van der Waals surface area contributed by atoms with E-state index in [1.807, 2.05) is 0 Å². The molecule has 0 aliphatic rings. The van der Waals surface area contributed by atoms with Gasteiger partial charge in [-0.05, 0) is 17.4 Å². The van der Waals surface area contributed by atoms with Crippen molar-refractivity contribution in [2.24, 2.45) is 7.05 Å². The number of carbonyl (C=O) groups excluding carboxylic acids is 2. The van der Waals surface area contributed by atoms with E-state index in [0.29, 0.717) is 10.9 Å². The maximum Gasteiger partial charge on any atom is 0.312 e. The van der Waals surface area contributed by atoms with Crippen molar-refractivity contribution in [3.8, 4) is 0 Å². The molecule has 1 rings (SSSR count). The Balaban J connectivity index is 2.24. The lowest BCUT2D eigenvalue weighted by atomic mass is 10.4. The summed E-state index contributed by atoms with van der Waals surface area (Å²) in [6.07, 6.45) is 0.0796. The highest BCUT2D eigenvalue weighted by atomic mass is 32.2. The van der Waals surface area contributed by atoms with E-state index in [-0.39, 0.29) is 18.2 Å². The van der Waals surface area contributed by atoms with Crippen molar-refractivity contribution in [3.05, 3.63) is 12.3 Å². The Hall–Kier alpha value is -1.90. The quantitative estimate of drug-likeness (QED) is 0.472. The number of hydrogen-bond acceptors (Lipinski definition) is 7. The minimum Gasteiger partial charge on any atom is -0.432 e. The molecule has 0 bridgehead atoms. The van der Waals surface area contributed by atoms with E-state index < -0.39 is 5.97 Å². The van der Waals surface area contributed by atoms with Crippen LogP contribution in [0.5, 0.6) is 0 Å². The fourth-order valence-electron chi connectivity index (χ4n) is 0.939. The SMILES string of the molecule is C=C(C)OC(=O)CCNC(=O)Sc1nnnn1C. The number of amides is 1. The molecular formula is C9H13N5O3S. The Bertz CT molecular complexity index is 459. The standard InChI is InChI=1S/C9H13N5O3S/c1-6(2)17-7(15)4-5-10-9(16)18-8-11-12-13-14(8)3/h1,4-5H2,2-3H3,(H,10,16). The Morgan fingerprint density at radius 2 is 2.28 bits per heavy atom. The highest BCUT2D eigenvalue weighted by molar-refractivity contribution is 8.13. The van der Waals surface area contributed by atoms with E-state index in [1.54, 1.807) is 14.0 Å². The van der Waals surface area contributed by atoms with Crippen LogP contribution in [-0.4, -0.2) is 38.0 Å². The molecule has 1 amide bonds. The predicted octanol–water partition coefficient (Wildman–Crippen LogP) is 0.479. The van der Waals surface area contributed by atoms with Crippen LogP contribution in [0.25, 0.3) is 0 Å². The van der Waals surface area contributed by atoms with Gasteiger partial charge in [-0.3, -0.25) is 9.59 Å². The van der Waals surface area contributed by atoms with E-state index in [2.05, 4.69) is 27.4 Å². The van der Waals surface area contributed by atoms with Gasteiger partial charge < -0.3 is 10.1 Å². The molecule has 1 aromatic rings. The number of ether oxygens (including phenoxy) is 1. The van der Waals surface area contributed by atoms with Gasteiger partial charge in [0, 0.05) is 25.4 Å². The number of tetrazole rings is 1. The summed E-state index contributed by atoms with van der Waals surface area (Å²) in [5, 5.41) is 13.2. The molecule has 0 aromatic carbocycles. The molecule has 1 heterocycles. The first-order valence-electron chi connectivity index (χ1n) is 5.03. The minimum atomic E-state index is -0.437. The van der Waals surface area contributed by atoms with Crippen molar-refractivity contribution < 1.29 is 14.3 Å². The molecule has 8 nitrogen and oxygen atoms in total. The van der Waals surface area contributed by atoms with Crippen molar-refractivity contribution in [3.63, 3.8) is 0 Å². The number of allylic oxidation sites excluding steroid dienone is 1. The second-order valence-electron chi connectivity index (χ2n) is 3.33. The first-order chi connectivity index (χ1) is 8.49. The fourth-order valence-corrected chi connectivity index (χ4v) is 1.52. The first kappa shape index (κ1) is 14.2. The third kappa shape index (κ3) is 4.95. The molecule has 0 radical (unpaired) electrons. The summed E-state index contributed by atoms with van der Waals surface area (Å²) in [6, 6.07) is 0. The molecule has 1 aromatic heterocycles. The van der Waals surface area contributed by atoms with Gasteiger partial charge in [-0.1, -0.05) is 6.58 Å². The van der Waals surface area contributed by atoms with Crippen molar-refractivity contribution in [1.82, 2.24) is 25.5 Å². The maximum absolute atomic E-state index is 11.4. The molecule has 98 valence electrons. The molecule has 0 unspecified atom stereocenters. The molecule has 0 aliphatic carbocycles. The lowest BCUT2D eigenvalue weighted by Crippen LogP contribution is -2.23. The summed E-state index contributed by atoms with van der Waals surface area (Å²) < 4.78 is 6.10. The average molecular weight is 271 g/mol. The Morgan fingerprint density at radius 3 is 2.83 bits per heavy atom. The summed E-state index contributed by atoms with van der Waals surface area (Å²) in [7, 11) is 1.62. The Kier molecular flexibility index (Phi) is 5.31. The number of nitrogens with zero attached hydrogens (tertiary/aromatic N) is 4. The van der Waals surface area contributed by atoms with Gasteiger partial charge in [0.1, 0.15) is 0 Å². The number of aryl methyl sites for hydroxylation is 1. The number of thioether (sulfide) groups is 1. The molecule has 0 aliphatic heterocycles. The summed E-state index contributed by atoms with van der Waals surface area (Å²) in [4.78, 5) is 22.6. The van der Waals surface area contributed by atoms with E-state index in [9.17, 15) is 9.59 Å². The molecular weight excluding hydrogens is 258 g/mol. The van der Waals surface area contributed by atoms with Gasteiger partial charge in [0.15, 0.2) is 0 Å². The topological polar surface area (TPSA) is 99.0 Å². The smallest absolute Gasteiger partial charge is 0.312 e. The number of hydrogen-bond donors (Lipinski definition) is 1. The van der Waals surface area contributed by atoms with Crippen LogP contribution in [0.3, 0.4) is 0 Å². The van der Waals surface area contributed by atoms with Crippen LogP contribution in [0.15, 0.2) is 17.5 Å². The molecule has 1 N–H and O–H groups in total. The van der Waals surface area contributed by atoms with Crippen LogP contribution in [0.1, 0.15) is 13.3 Å². The van der Waals surface area contributed by atoms with Gasteiger partial charge in [0.05, 0.1) is 12.2 Å². The van der Waals surface area contributed by atoms with E-state index in [0.717, 1.165) is 11.8 Å². The van der Waals surface area contributed by atoms with Crippen LogP contribution >= 0.6 is 11.8 Å². The van der Waals surface area contributed by atoms with Crippen molar-refractivity contribution in [2.45, 2.75) is 18.5 Å². The summed E-state index contributed by atoms with van der Waals surface area (Å²) in [6.45, 7) is 5.20. The second-order valence-corrected chi connectivity index (χ2v) is 4.27. The molecule has 0 fully saturated rings. The molecule has 0 saturated heterocycles. The lowest BCUT2D eigenvalue weighted by molar-refractivity contribution is -0.139. The largest absolute Gasteiger partial charge is 0.432 e. The fraction of sp³-hybridized carbons (Fsp3) is 0.444. The molecule has 0 spiro atoms. The van der Waals surface area contributed by atoms with E-state index in [1.165, 1.54) is 4.68 Å². The van der Waals surface area contributed by atoms with Gasteiger partial charge in [-0.25, -0.2) is 4.68 Å². The van der Waals surface area contributed by atoms with Gasteiger partial charge in [-0.2, -0.15) is 0 Å². The van der Waals surface area contributed by atoms with Gasteiger partial charge in [-0.15, -0.1) is 5.10 Å². The third-order valence-corrected chi connectivity index (χ3v) is 2.51. The lowest BCUT2D eigenvalue weighted by Gasteiger charge is -2.04. The van der Waals surface area contributed by atoms with Crippen molar-refractivity contribution >= 4 is 23.0 Å². The van der Waals surface area contributed by atoms with Crippen LogP contribution in [0.4, 0.5) is 4.79 Å². The predicted molar refractivity (Wildman–Crippen MR) is 63.6 cm³/mol. The zero-order chi connectivity index (χ0) is 13.5. The normalized spacial score (nSPS) is 9.89. The number of carbonyl (C=O) groups is 2. The molecule has 9 heteroatoms. The van der Waals surface area contributed by atoms with E-state index in [4.69, 9.17) is 4.74 Å². The Morgan fingerprint density at radius 1 is 1.56 bits per heavy atom. The number of rotatable bonds is 5. The minimum absolute atomic E-state index is 0.0796. The molecule has 18 heavy (non-hydrogen) atoms. The summed E-state index contributed by atoms with van der Waals surface area (Å²) in [5.74, 6) is -0.112. The highest BCUT2D eigenvalue weighted by Gasteiger charge is 2.11. The van der Waals surface area contributed by atoms with Crippen LogP contribution in [-0.2, 0) is 16.6 Å². The first-order valence-corrected chi connectivity index (χ1v) is 5.85. The Labute approximate surface area is 108 Å². The number of aromatic nitrogens is 4. The zero-order valence-corrected chi connectivity index (χ0v) is 10.9. The van der Waals surface area contributed by atoms with Crippen LogP contribution < -0.4 is 5.32 Å². The van der Waals surface area contributed by atoms with Crippen LogP contribution in [0, 0.1) is 0 Å². The van der Waals surface area contributed by atoms with Crippen molar-refractivity contribution in [1.29, 1.82) is 0 Å². The molecule has 0 atom stereocenters. The summed E-state index contributed by atoms with van der Waals surface area (Å²) in [5.41, 5.74) is 0. The maximum atomic E-state index is 11.4. The zero-order valence-electron chi connectivity index (χ0n) is 10.0. The summed E-state index contributed by atoms with van der Waals surface area (Å²) >= 11 is 0.850. The number of nitrogens with one attached hydrogen (secondary N) is 1. The van der Waals surface area contributed by atoms with E-state index >= 15 is 0 Å². The monoisotopic (exact) mass is 271 g/mol. The van der Waals surface area contributed by atoms with Gasteiger partial charge in [0.25, 0.3) is 5.24 Å². The highest BCUT2D eigenvalue weighted by Crippen LogP contribution is 2.12. The third-order valence-electron chi connectivity index (χ3n) is 1.65. The van der Waals surface area contributed by atoms with Crippen LogP contribution in [0.2, 0.25) is 0 Å². The second kappa shape index (κ2) is 6.74. The van der Waals surface area contributed by atoms with Gasteiger partial charge >= 0.3 is 5.97 Å². The number of esters is 1. The van der Waals surface area contributed by atoms with Crippen molar-refractivity contribution in [2.75, 3.05) is 6.54 Å².